The molecule has 0 saturated heterocycles. The molecule has 2 aromatic carbocycles. The molecule has 0 spiro atoms. The maximum atomic E-state index is 13.4. The Kier molecular flexibility index (Phi) is 6.06. The predicted octanol–water partition coefficient (Wildman–Crippen LogP) is 7.31. The van der Waals surface area contributed by atoms with Crippen LogP contribution in [0, 0.1) is 0 Å². The third-order valence-electron chi connectivity index (χ3n) is 6.67. The van der Waals surface area contributed by atoms with Crippen LogP contribution in [0.1, 0.15) is 96.1 Å². The molecule has 0 amide bonds. The second-order valence-electron chi connectivity index (χ2n) is 8.83. The lowest BCUT2D eigenvalue weighted by Gasteiger charge is -2.23. The number of fused-ring (bicyclic) bond motifs is 2. The Balaban J connectivity index is 1.40. The van der Waals surface area contributed by atoms with E-state index in [1.807, 2.05) is 59.9 Å². The van der Waals surface area contributed by atoms with Crippen molar-refractivity contribution in [1.82, 2.24) is 0 Å². The number of thioether (sulfide) groups is 2. The van der Waals surface area contributed by atoms with Gasteiger partial charge < -0.3 is 0 Å². The highest BCUT2D eigenvalue weighted by Crippen LogP contribution is 2.38. The second-order valence-corrected chi connectivity index (χ2v) is 11.6. The fourth-order valence-electron chi connectivity index (χ4n) is 5.01. The first-order valence-electron chi connectivity index (χ1n) is 11.4. The summed E-state index contributed by atoms with van der Waals surface area (Å²) in [6.07, 6.45) is 12.9. The number of ketones is 2. The lowest BCUT2D eigenvalue weighted by molar-refractivity contribution is 0.0978. The maximum Gasteiger partial charge on any atom is 0.194 e. The van der Waals surface area contributed by atoms with E-state index in [0.29, 0.717) is 32.8 Å². The summed E-state index contributed by atoms with van der Waals surface area (Å²) < 4.78 is 0. The number of benzene rings is 2. The SMILES string of the molecule is O=C1c2ccc(SC3CCCCC3)cc2C(=O)c2cc(SC3CCCCC3)ccc21. The molecule has 0 bridgehead atoms. The van der Waals surface area contributed by atoms with Crippen LogP contribution in [0.2, 0.25) is 0 Å². The molecule has 0 aromatic heterocycles. The van der Waals surface area contributed by atoms with Crippen molar-refractivity contribution in [2.75, 3.05) is 0 Å². The Morgan fingerprint density at radius 1 is 0.533 bits per heavy atom. The average Bonchev–Trinajstić information content (AvgIpc) is 2.79. The number of carbonyl (C=O) groups excluding carboxylic acids is 2. The fraction of sp³-hybridized carbons (Fsp3) is 0.462. The van der Waals surface area contributed by atoms with Crippen molar-refractivity contribution in [2.45, 2.75) is 84.5 Å². The summed E-state index contributed by atoms with van der Waals surface area (Å²) in [5.74, 6) is -0.000166. The highest BCUT2D eigenvalue weighted by molar-refractivity contribution is 8.00. The normalized spacial score (nSPS) is 20.1. The lowest BCUT2D eigenvalue weighted by atomic mass is 9.84. The monoisotopic (exact) mass is 436 g/mol. The summed E-state index contributed by atoms with van der Waals surface area (Å²) in [5, 5.41) is 1.27. The van der Waals surface area contributed by atoms with Crippen molar-refractivity contribution in [1.29, 1.82) is 0 Å². The molecular formula is C26H28O2S2. The van der Waals surface area contributed by atoms with Gasteiger partial charge in [0.05, 0.1) is 0 Å². The molecule has 3 aliphatic rings. The van der Waals surface area contributed by atoms with Crippen LogP contribution in [0.5, 0.6) is 0 Å². The van der Waals surface area contributed by atoms with E-state index < -0.39 is 0 Å². The van der Waals surface area contributed by atoms with E-state index >= 15 is 0 Å². The molecule has 3 aliphatic carbocycles. The number of rotatable bonds is 4. The quantitative estimate of drug-likeness (QED) is 0.429. The Bertz CT molecular complexity index is 893. The molecule has 2 nitrogen and oxygen atoms in total. The van der Waals surface area contributed by atoms with E-state index in [4.69, 9.17) is 0 Å². The van der Waals surface area contributed by atoms with Crippen molar-refractivity contribution in [3.8, 4) is 0 Å². The van der Waals surface area contributed by atoms with E-state index in [1.165, 1.54) is 64.2 Å². The van der Waals surface area contributed by atoms with Gasteiger partial charge in [-0.05, 0) is 62.1 Å². The Morgan fingerprint density at radius 3 is 1.37 bits per heavy atom. The third kappa shape index (κ3) is 4.13. The molecule has 0 unspecified atom stereocenters. The predicted molar refractivity (Wildman–Crippen MR) is 125 cm³/mol. The van der Waals surface area contributed by atoms with Gasteiger partial charge in [0.25, 0.3) is 0 Å². The van der Waals surface area contributed by atoms with Crippen molar-refractivity contribution in [3.05, 3.63) is 58.7 Å². The van der Waals surface area contributed by atoms with Gasteiger partial charge in [0.15, 0.2) is 11.6 Å². The van der Waals surface area contributed by atoms with Crippen molar-refractivity contribution in [2.24, 2.45) is 0 Å². The largest absolute Gasteiger partial charge is 0.289 e. The van der Waals surface area contributed by atoms with Crippen LogP contribution >= 0.6 is 23.5 Å². The third-order valence-corrected chi connectivity index (χ3v) is 9.33. The molecule has 0 atom stereocenters. The van der Waals surface area contributed by atoms with Gasteiger partial charge in [-0.1, -0.05) is 38.5 Å². The van der Waals surface area contributed by atoms with Gasteiger partial charge >= 0.3 is 0 Å². The number of carbonyl (C=O) groups is 2. The summed E-state index contributed by atoms with van der Waals surface area (Å²) in [5.41, 5.74) is 2.31. The average molecular weight is 437 g/mol. The molecule has 4 heteroatoms. The fourth-order valence-corrected chi connectivity index (χ4v) is 7.58. The van der Waals surface area contributed by atoms with E-state index in [1.54, 1.807) is 0 Å². The van der Waals surface area contributed by atoms with Gasteiger partial charge in [0.1, 0.15) is 0 Å². The van der Waals surface area contributed by atoms with Gasteiger partial charge in [-0.3, -0.25) is 9.59 Å². The number of hydrogen-bond acceptors (Lipinski definition) is 4. The molecule has 0 radical (unpaired) electrons. The zero-order valence-corrected chi connectivity index (χ0v) is 19.0. The highest BCUT2D eigenvalue weighted by Gasteiger charge is 2.30. The smallest absolute Gasteiger partial charge is 0.194 e. The molecule has 5 rings (SSSR count). The van der Waals surface area contributed by atoms with E-state index in [-0.39, 0.29) is 11.6 Å². The van der Waals surface area contributed by atoms with Crippen LogP contribution in [0.15, 0.2) is 46.2 Å². The molecule has 0 heterocycles. The van der Waals surface area contributed by atoms with Gasteiger partial charge in [-0.2, -0.15) is 0 Å². The summed E-state index contributed by atoms with van der Waals surface area (Å²) >= 11 is 3.76. The standard InChI is InChI=1S/C26H28O2S2/c27-25-21-13-11-19(29-17-7-3-1-4-8-17)15-23(21)26(28)24-16-20(12-14-22(24)25)30-18-9-5-2-6-10-18/h11-18H,1-10H2. The summed E-state index contributed by atoms with van der Waals surface area (Å²) in [6.45, 7) is 0. The molecule has 2 aromatic rings. The van der Waals surface area contributed by atoms with Gasteiger partial charge in [0, 0.05) is 42.5 Å². The molecule has 2 saturated carbocycles. The summed E-state index contributed by atoms with van der Waals surface area (Å²) in [6, 6.07) is 11.7. The van der Waals surface area contributed by atoms with E-state index in [2.05, 4.69) is 0 Å². The first-order valence-corrected chi connectivity index (χ1v) is 13.2. The highest BCUT2D eigenvalue weighted by atomic mass is 32.2. The Morgan fingerprint density at radius 2 is 0.933 bits per heavy atom. The number of hydrogen-bond donors (Lipinski definition) is 0. The molecular weight excluding hydrogens is 408 g/mol. The van der Waals surface area contributed by atoms with Crippen LogP contribution < -0.4 is 0 Å². The minimum absolute atomic E-state index is 0.0109. The maximum absolute atomic E-state index is 13.4. The second kappa shape index (κ2) is 8.92. The van der Waals surface area contributed by atoms with Crippen LogP contribution in [0.4, 0.5) is 0 Å². The Hall–Kier alpha value is -1.52. The lowest BCUT2D eigenvalue weighted by Crippen LogP contribution is -2.21. The minimum atomic E-state index is -0.0111. The molecule has 0 aliphatic heterocycles. The van der Waals surface area contributed by atoms with Crippen molar-refractivity contribution < 1.29 is 9.59 Å². The van der Waals surface area contributed by atoms with Gasteiger partial charge in [0.2, 0.25) is 0 Å². The summed E-state index contributed by atoms with van der Waals surface area (Å²) in [4.78, 5) is 28.7. The molecule has 0 N–H and O–H groups in total. The summed E-state index contributed by atoms with van der Waals surface area (Å²) in [7, 11) is 0. The minimum Gasteiger partial charge on any atom is -0.289 e. The van der Waals surface area contributed by atoms with Crippen LogP contribution in [-0.4, -0.2) is 22.1 Å². The molecule has 156 valence electrons. The molecule has 2 fully saturated rings. The van der Waals surface area contributed by atoms with E-state index in [9.17, 15) is 9.59 Å². The van der Waals surface area contributed by atoms with Gasteiger partial charge in [-0.15, -0.1) is 23.5 Å². The van der Waals surface area contributed by atoms with Crippen LogP contribution in [0.3, 0.4) is 0 Å². The first-order chi connectivity index (χ1) is 14.7. The topological polar surface area (TPSA) is 34.1 Å². The van der Waals surface area contributed by atoms with Gasteiger partial charge in [-0.25, -0.2) is 0 Å². The van der Waals surface area contributed by atoms with Crippen molar-refractivity contribution in [3.63, 3.8) is 0 Å². The Labute approximate surface area is 187 Å². The van der Waals surface area contributed by atoms with Crippen LogP contribution in [-0.2, 0) is 0 Å². The van der Waals surface area contributed by atoms with Crippen molar-refractivity contribution >= 4 is 35.1 Å². The zero-order chi connectivity index (χ0) is 20.5. The zero-order valence-electron chi connectivity index (χ0n) is 17.3. The van der Waals surface area contributed by atoms with Crippen LogP contribution in [0.25, 0.3) is 0 Å². The first kappa shape index (κ1) is 20.4. The molecule has 30 heavy (non-hydrogen) atoms. The van der Waals surface area contributed by atoms with E-state index in [0.717, 1.165) is 9.79 Å².